The fourth-order valence-corrected chi connectivity index (χ4v) is 2.78. The van der Waals surface area contributed by atoms with E-state index in [-0.39, 0.29) is 12.5 Å². The largest absolute Gasteiger partial charge is 0.484 e. The number of hydrogen-bond donors (Lipinski definition) is 1. The number of nitrogens with two attached hydrogens (primary N) is 1. The Kier molecular flexibility index (Phi) is 6.40. The standard InChI is InChI=1S/C17H24N2O4/c1-22-11-13-4-2-3-9-19(10-13)16(20)12-23-15-7-5-14(6-8-15)17(18)21/h5-8,13H,2-4,9-12H2,1H3,(H2,18,21). The third-order valence-electron chi connectivity index (χ3n) is 4.03. The Morgan fingerprint density at radius 3 is 2.65 bits per heavy atom. The monoisotopic (exact) mass is 320 g/mol. The Morgan fingerprint density at radius 2 is 2.00 bits per heavy atom. The van der Waals surface area contributed by atoms with Crippen LogP contribution in [0.5, 0.6) is 5.75 Å². The van der Waals surface area contributed by atoms with Gasteiger partial charge in [-0.3, -0.25) is 9.59 Å². The molecule has 6 nitrogen and oxygen atoms in total. The lowest BCUT2D eigenvalue weighted by atomic mass is 10.0. The van der Waals surface area contributed by atoms with Crippen molar-refractivity contribution in [1.29, 1.82) is 0 Å². The first-order valence-corrected chi connectivity index (χ1v) is 7.89. The third kappa shape index (κ3) is 5.25. The van der Waals surface area contributed by atoms with Crippen LogP contribution in [0.25, 0.3) is 0 Å². The fourth-order valence-electron chi connectivity index (χ4n) is 2.78. The second kappa shape index (κ2) is 8.53. The molecule has 0 spiro atoms. The minimum absolute atomic E-state index is 0.00435. The molecule has 1 fully saturated rings. The molecule has 23 heavy (non-hydrogen) atoms. The first-order valence-electron chi connectivity index (χ1n) is 7.89. The van der Waals surface area contributed by atoms with Gasteiger partial charge in [-0.25, -0.2) is 0 Å². The van der Waals surface area contributed by atoms with Crippen LogP contribution < -0.4 is 10.5 Å². The van der Waals surface area contributed by atoms with Crippen molar-refractivity contribution in [3.63, 3.8) is 0 Å². The molecular weight excluding hydrogens is 296 g/mol. The van der Waals surface area contributed by atoms with Crippen LogP contribution in [0.15, 0.2) is 24.3 Å². The zero-order valence-electron chi connectivity index (χ0n) is 13.5. The summed E-state index contributed by atoms with van der Waals surface area (Å²) in [6.45, 7) is 2.16. The molecule has 1 heterocycles. The van der Waals surface area contributed by atoms with Gasteiger partial charge in [-0.1, -0.05) is 6.42 Å². The van der Waals surface area contributed by atoms with Crippen molar-refractivity contribution in [1.82, 2.24) is 4.90 Å². The number of primary amides is 1. The van der Waals surface area contributed by atoms with E-state index in [0.29, 0.717) is 23.8 Å². The van der Waals surface area contributed by atoms with Crippen LogP contribution in [0, 0.1) is 5.92 Å². The number of carbonyl (C=O) groups is 2. The molecule has 2 amide bonds. The highest BCUT2D eigenvalue weighted by Crippen LogP contribution is 2.17. The van der Waals surface area contributed by atoms with E-state index in [1.807, 2.05) is 4.90 Å². The van der Waals surface area contributed by atoms with Gasteiger partial charge < -0.3 is 20.1 Å². The van der Waals surface area contributed by atoms with Gasteiger partial charge in [0.2, 0.25) is 5.91 Å². The number of nitrogens with zero attached hydrogens (tertiary/aromatic N) is 1. The van der Waals surface area contributed by atoms with Crippen molar-refractivity contribution in [2.45, 2.75) is 19.3 Å². The summed E-state index contributed by atoms with van der Waals surface area (Å²) in [6.07, 6.45) is 3.22. The molecule has 0 saturated carbocycles. The minimum atomic E-state index is -0.485. The summed E-state index contributed by atoms with van der Waals surface area (Å²) >= 11 is 0. The predicted molar refractivity (Wildman–Crippen MR) is 86.3 cm³/mol. The van der Waals surface area contributed by atoms with Gasteiger partial charge in [0.25, 0.3) is 5.91 Å². The molecule has 2 rings (SSSR count). The molecule has 0 radical (unpaired) electrons. The molecule has 1 aliphatic rings. The van der Waals surface area contributed by atoms with Crippen molar-refractivity contribution in [3.05, 3.63) is 29.8 Å². The summed E-state index contributed by atoms with van der Waals surface area (Å²) in [6, 6.07) is 6.46. The van der Waals surface area contributed by atoms with E-state index in [0.717, 1.165) is 32.4 Å². The Morgan fingerprint density at radius 1 is 1.26 bits per heavy atom. The number of ether oxygens (including phenoxy) is 2. The molecule has 0 aliphatic carbocycles. The molecule has 1 saturated heterocycles. The van der Waals surface area contributed by atoms with Gasteiger partial charge >= 0.3 is 0 Å². The van der Waals surface area contributed by atoms with Crippen LogP contribution in [0.4, 0.5) is 0 Å². The van der Waals surface area contributed by atoms with E-state index >= 15 is 0 Å². The highest BCUT2D eigenvalue weighted by molar-refractivity contribution is 5.92. The van der Waals surface area contributed by atoms with Gasteiger partial charge in [0.05, 0.1) is 6.61 Å². The average molecular weight is 320 g/mol. The number of carbonyl (C=O) groups excluding carboxylic acids is 2. The maximum absolute atomic E-state index is 12.3. The first kappa shape index (κ1) is 17.3. The quantitative estimate of drug-likeness (QED) is 0.860. The average Bonchev–Trinajstić information content (AvgIpc) is 2.79. The topological polar surface area (TPSA) is 81.9 Å². The SMILES string of the molecule is COCC1CCCCN(C(=O)COc2ccc(C(N)=O)cc2)C1. The molecule has 1 atom stereocenters. The molecule has 0 aromatic heterocycles. The smallest absolute Gasteiger partial charge is 0.260 e. The highest BCUT2D eigenvalue weighted by Gasteiger charge is 2.22. The van der Waals surface area contributed by atoms with Crippen molar-refractivity contribution in [2.75, 3.05) is 33.4 Å². The van der Waals surface area contributed by atoms with Gasteiger partial charge in [0.1, 0.15) is 5.75 Å². The Bertz CT molecular complexity index is 530. The Balaban J connectivity index is 1.86. The van der Waals surface area contributed by atoms with E-state index in [1.54, 1.807) is 31.4 Å². The number of hydrogen-bond acceptors (Lipinski definition) is 4. The van der Waals surface area contributed by atoms with Gasteiger partial charge in [-0.15, -0.1) is 0 Å². The second-order valence-corrected chi connectivity index (χ2v) is 5.83. The maximum atomic E-state index is 12.3. The zero-order valence-corrected chi connectivity index (χ0v) is 13.5. The van der Waals surface area contributed by atoms with Crippen molar-refractivity contribution < 1.29 is 19.1 Å². The number of benzene rings is 1. The van der Waals surface area contributed by atoms with Crippen LogP contribution in [0.1, 0.15) is 29.6 Å². The number of methoxy groups -OCH3 is 1. The number of amides is 2. The van der Waals surface area contributed by atoms with E-state index in [4.69, 9.17) is 15.2 Å². The highest BCUT2D eigenvalue weighted by atomic mass is 16.5. The lowest BCUT2D eigenvalue weighted by molar-refractivity contribution is -0.134. The summed E-state index contributed by atoms with van der Waals surface area (Å²) in [7, 11) is 1.69. The summed E-state index contributed by atoms with van der Waals surface area (Å²) in [5.74, 6) is 0.432. The zero-order chi connectivity index (χ0) is 16.7. The minimum Gasteiger partial charge on any atom is -0.484 e. The Hall–Kier alpha value is -2.08. The first-order chi connectivity index (χ1) is 11.1. The Labute approximate surface area is 136 Å². The van der Waals surface area contributed by atoms with E-state index in [1.165, 1.54) is 0 Å². The molecule has 126 valence electrons. The van der Waals surface area contributed by atoms with Gasteiger partial charge in [0.15, 0.2) is 6.61 Å². The van der Waals surface area contributed by atoms with Crippen LogP contribution in [0.3, 0.4) is 0 Å². The number of likely N-dealkylation sites (tertiary alicyclic amines) is 1. The summed E-state index contributed by atoms with van der Waals surface area (Å²) in [4.78, 5) is 25.2. The molecule has 2 N–H and O–H groups in total. The van der Waals surface area contributed by atoms with Crippen LogP contribution in [-0.2, 0) is 9.53 Å². The molecule has 1 aliphatic heterocycles. The van der Waals surface area contributed by atoms with Crippen LogP contribution in [0.2, 0.25) is 0 Å². The van der Waals surface area contributed by atoms with E-state index in [9.17, 15) is 9.59 Å². The summed E-state index contributed by atoms with van der Waals surface area (Å²) in [5.41, 5.74) is 5.60. The molecule has 1 unspecified atom stereocenters. The maximum Gasteiger partial charge on any atom is 0.260 e. The lowest BCUT2D eigenvalue weighted by Crippen LogP contribution is -2.38. The fraction of sp³-hybridized carbons (Fsp3) is 0.529. The van der Waals surface area contributed by atoms with Crippen molar-refractivity contribution >= 4 is 11.8 Å². The summed E-state index contributed by atoms with van der Waals surface area (Å²) in [5, 5.41) is 0. The van der Waals surface area contributed by atoms with Crippen LogP contribution in [-0.4, -0.2) is 50.1 Å². The van der Waals surface area contributed by atoms with Gasteiger partial charge in [-0.2, -0.15) is 0 Å². The van der Waals surface area contributed by atoms with Crippen molar-refractivity contribution in [2.24, 2.45) is 11.7 Å². The van der Waals surface area contributed by atoms with Gasteiger partial charge in [-0.05, 0) is 43.0 Å². The lowest BCUT2D eigenvalue weighted by Gasteiger charge is -2.24. The molecule has 1 aromatic carbocycles. The summed E-state index contributed by atoms with van der Waals surface area (Å²) < 4.78 is 10.7. The van der Waals surface area contributed by atoms with Gasteiger partial charge in [0, 0.05) is 25.8 Å². The van der Waals surface area contributed by atoms with E-state index < -0.39 is 5.91 Å². The van der Waals surface area contributed by atoms with Crippen molar-refractivity contribution in [3.8, 4) is 5.75 Å². The molecular formula is C17H24N2O4. The van der Waals surface area contributed by atoms with Crippen LogP contribution >= 0.6 is 0 Å². The molecule has 6 heteroatoms. The number of rotatable bonds is 6. The second-order valence-electron chi connectivity index (χ2n) is 5.83. The predicted octanol–water partition coefficient (Wildman–Crippen LogP) is 1.44. The molecule has 1 aromatic rings. The van der Waals surface area contributed by atoms with E-state index in [2.05, 4.69) is 0 Å². The normalized spacial score (nSPS) is 18.3. The molecule has 0 bridgehead atoms. The third-order valence-corrected chi connectivity index (χ3v) is 4.03.